The number of hydrogen-bond donors (Lipinski definition) is 1. The van der Waals surface area contributed by atoms with Crippen LogP contribution in [0.3, 0.4) is 0 Å². The average Bonchev–Trinajstić information content (AvgIpc) is 2.70. The molecule has 0 saturated carbocycles. The third-order valence-corrected chi connectivity index (χ3v) is 4.40. The van der Waals surface area contributed by atoms with Crippen LogP contribution in [0.4, 0.5) is 20.6 Å². The Hall–Kier alpha value is -3.09. The molecule has 0 unspecified atom stereocenters. The van der Waals surface area contributed by atoms with Crippen LogP contribution < -0.4 is 10.2 Å². The lowest BCUT2D eigenvalue weighted by atomic mass is 10.1. The summed E-state index contributed by atoms with van der Waals surface area (Å²) in [5.41, 5.74) is 1.90. The van der Waals surface area contributed by atoms with Gasteiger partial charge in [0, 0.05) is 31.9 Å². The van der Waals surface area contributed by atoms with E-state index in [9.17, 15) is 14.0 Å². The number of urea groups is 1. The van der Waals surface area contributed by atoms with Gasteiger partial charge in [-0.2, -0.15) is 0 Å². The quantitative estimate of drug-likeness (QED) is 0.838. The Labute approximate surface area is 157 Å². The average molecular weight is 371 g/mol. The van der Waals surface area contributed by atoms with Crippen molar-refractivity contribution in [2.75, 3.05) is 43.0 Å². The van der Waals surface area contributed by atoms with Crippen LogP contribution >= 0.6 is 0 Å². The van der Waals surface area contributed by atoms with E-state index in [1.54, 1.807) is 17.9 Å². The Morgan fingerprint density at radius 2 is 1.70 bits per heavy atom. The number of ether oxygens (including phenoxy) is 1. The summed E-state index contributed by atoms with van der Waals surface area (Å²) < 4.78 is 18.1. The molecular formula is C20H22FN3O3. The highest BCUT2D eigenvalue weighted by molar-refractivity contribution is 5.96. The van der Waals surface area contributed by atoms with Crippen LogP contribution in [0.5, 0.6) is 0 Å². The van der Waals surface area contributed by atoms with E-state index in [0.717, 1.165) is 5.69 Å². The van der Waals surface area contributed by atoms with E-state index in [1.807, 2.05) is 18.2 Å². The van der Waals surface area contributed by atoms with Gasteiger partial charge in [-0.25, -0.2) is 14.0 Å². The van der Waals surface area contributed by atoms with Gasteiger partial charge in [-0.1, -0.05) is 12.1 Å². The molecule has 0 aromatic heterocycles. The van der Waals surface area contributed by atoms with Gasteiger partial charge in [-0.05, 0) is 43.3 Å². The smallest absolute Gasteiger partial charge is 0.340 e. The molecule has 1 N–H and O–H groups in total. The van der Waals surface area contributed by atoms with Crippen molar-refractivity contribution in [2.45, 2.75) is 6.92 Å². The summed E-state index contributed by atoms with van der Waals surface area (Å²) in [6, 6.07) is 12.8. The minimum atomic E-state index is -0.345. The zero-order valence-corrected chi connectivity index (χ0v) is 15.2. The maximum Gasteiger partial charge on any atom is 0.340 e. The van der Waals surface area contributed by atoms with E-state index in [1.165, 1.54) is 24.3 Å². The first kappa shape index (κ1) is 18.7. The van der Waals surface area contributed by atoms with Crippen LogP contribution in [0.15, 0.2) is 48.5 Å². The first-order valence-electron chi connectivity index (χ1n) is 8.91. The Morgan fingerprint density at radius 1 is 1.04 bits per heavy atom. The van der Waals surface area contributed by atoms with Crippen LogP contribution in [0, 0.1) is 5.82 Å². The number of anilines is 2. The fraction of sp³-hybridized carbons (Fsp3) is 0.300. The molecule has 2 aromatic rings. The summed E-state index contributed by atoms with van der Waals surface area (Å²) >= 11 is 0. The fourth-order valence-electron chi connectivity index (χ4n) is 3.02. The number of rotatable bonds is 4. The second-order valence-corrected chi connectivity index (χ2v) is 6.15. The van der Waals surface area contributed by atoms with Gasteiger partial charge >= 0.3 is 12.0 Å². The molecule has 142 valence electrons. The lowest BCUT2D eigenvalue weighted by molar-refractivity contribution is 0.0527. The number of esters is 1. The van der Waals surface area contributed by atoms with Crippen LogP contribution in [-0.4, -0.2) is 49.7 Å². The Morgan fingerprint density at radius 3 is 2.37 bits per heavy atom. The molecule has 2 amide bonds. The van der Waals surface area contributed by atoms with Gasteiger partial charge in [0.05, 0.1) is 17.9 Å². The van der Waals surface area contributed by atoms with Gasteiger partial charge in [-0.3, -0.25) is 0 Å². The van der Waals surface area contributed by atoms with Crippen molar-refractivity contribution in [2.24, 2.45) is 0 Å². The number of hydrogen-bond acceptors (Lipinski definition) is 4. The van der Waals surface area contributed by atoms with Gasteiger partial charge in [0.1, 0.15) is 5.82 Å². The maximum atomic E-state index is 13.0. The largest absolute Gasteiger partial charge is 0.462 e. The maximum absolute atomic E-state index is 13.0. The summed E-state index contributed by atoms with van der Waals surface area (Å²) in [4.78, 5) is 28.3. The molecule has 0 atom stereocenters. The van der Waals surface area contributed by atoms with Gasteiger partial charge < -0.3 is 19.9 Å². The summed E-state index contributed by atoms with van der Waals surface area (Å²) in [5.74, 6) is -0.688. The van der Waals surface area contributed by atoms with Crippen LogP contribution in [0.25, 0.3) is 0 Å². The van der Waals surface area contributed by atoms with Gasteiger partial charge in [0.2, 0.25) is 0 Å². The van der Waals surface area contributed by atoms with Crippen molar-refractivity contribution >= 4 is 23.4 Å². The number of nitrogens with one attached hydrogen (secondary N) is 1. The minimum Gasteiger partial charge on any atom is -0.462 e. The first-order chi connectivity index (χ1) is 13.1. The molecule has 1 aliphatic heterocycles. The molecule has 0 spiro atoms. The molecule has 2 aromatic carbocycles. The fourth-order valence-corrected chi connectivity index (χ4v) is 3.02. The molecule has 1 saturated heterocycles. The Kier molecular flexibility index (Phi) is 5.90. The number of piperazine rings is 1. The number of carbonyl (C=O) groups excluding carboxylic acids is 2. The van der Waals surface area contributed by atoms with Gasteiger partial charge in [-0.15, -0.1) is 0 Å². The topological polar surface area (TPSA) is 61.9 Å². The molecule has 0 radical (unpaired) electrons. The van der Waals surface area contributed by atoms with Crippen LogP contribution in [-0.2, 0) is 4.74 Å². The summed E-state index contributed by atoms with van der Waals surface area (Å²) in [6.07, 6.45) is 0. The van der Waals surface area contributed by atoms with Crippen molar-refractivity contribution in [3.8, 4) is 0 Å². The monoisotopic (exact) mass is 371 g/mol. The molecule has 1 fully saturated rings. The number of benzene rings is 2. The molecule has 1 aliphatic rings. The predicted molar refractivity (Wildman–Crippen MR) is 102 cm³/mol. The first-order valence-corrected chi connectivity index (χ1v) is 8.91. The normalized spacial score (nSPS) is 14.0. The van der Waals surface area contributed by atoms with Crippen molar-refractivity contribution in [3.05, 3.63) is 59.9 Å². The molecule has 1 heterocycles. The molecular weight excluding hydrogens is 349 g/mol. The molecule has 0 aliphatic carbocycles. The van der Waals surface area contributed by atoms with Crippen LogP contribution in [0.1, 0.15) is 17.3 Å². The van der Waals surface area contributed by atoms with Crippen molar-refractivity contribution in [1.82, 2.24) is 4.90 Å². The predicted octanol–water partition coefficient (Wildman–Crippen LogP) is 3.36. The van der Waals surface area contributed by atoms with Gasteiger partial charge in [0.15, 0.2) is 0 Å². The standard InChI is InChI=1S/C20H22FN3O3/c1-2-27-19(25)17-5-3-4-6-18(17)23-11-13-24(14-12-23)20(26)22-16-9-7-15(21)8-10-16/h3-10H,2,11-14H2,1H3,(H,22,26). The Balaban J connectivity index is 1.61. The summed E-state index contributed by atoms with van der Waals surface area (Å²) in [6.45, 7) is 4.35. The highest BCUT2D eigenvalue weighted by Gasteiger charge is 2.24. The van der Waals surface area contributed by atoms with Crippen molar-refractivity contribution < 1.29 is 18.7 Å². The highest BCUT2D eigenvalue weighted by Crippen LogP contribution is 2.23. The molecule has 3 rings (SSSR count). The number of halogens is 1. The summed E-state index contributed by atoms with van der Waals surface area (Å²) in [5, 5.41) is 2.77. The zero-order chi connectivity index (χ0) is 19.2. The van der Waals surface area contributed by atoms with E-state index in [0.29, 0.717) is 44.0 Å². The number of nitrogens with zero attached hydrogens (tertiary/aromatic N) is 2. The molecule has 27 heavy (non-hydrogen) atoms. The summed E-state index contributed by atoms with van der Waals surface area (Å²) in [7, 11) is 0. The van der Waals surface area contributed by atoms with Crippen molar-refractivity contribution in [3.63, 3.8) is 0 Å². The number of amides is 2. The number of carbonyl (C=O) groups is 2. The highest BCUT2D eigenvalue weighted by atomic mass is 19.1. The van der Waals surface area contributed by atoms with E-state index in [-0.39, 0.29) is 17.8 Å². The Bertz CT molecular complexity index is 802. The lowest BCUT2D eigenvalue weighted by Crippen LogP contribution is -2.50. The van der Waals surface area contributed by atoms with Crippen LogP contribution in [0.2, 0.25) is 0 Å². The molecule has 7 heteroatoms. The van der Waals surface area contributed by atoms with Crippen molar-refractivity contribution in [1.29, 1.82) is 0 Å². The SMILES string of the molecule is CCOC(=O)c1ccccc1N1CCN(C(=O)Nc2ccc(F)cc2)CC1. The van der Waals surface area contributed by atoms with E-state index >= 15 is 0 Å². The van der Waals surface area contributed by atoms with E-state index in [4.69, 9.17) is 4.74 Å². The third-order valence-electron chi connectivity index (χ3n) is 4.40. The zero-order valence-electron chi connectivity index (χ0n) is 15.2. The minimum absolute atomic E-state index is 0.222. The second-order valence-electron chi connectivity index (χ2n) is 6.15. The second kappa shape index (κ2) is 8.53. The molecule has 0 bridgehead atoms. The molecule has 6 nitrogen and oxygen atoms in total. The van der Waals surface area contributed by atoms with E-state index < -0.39 is 0 Å². The van der Waals surface area contributed by atoms with E-state index in [2.05, 4.69) is 10.2 Å². The number of para-hydroxylation sites is 1. The third kappa shape index (κ3) is 4.55. The van der Waals surface area contributed by atoms with Gasteiger partial charge in [0.25, 0.3) is 0 Å². The lowest BCUT2D eigenvalue weighted by Gasteiger charge is -2.36.